The van der Waals surface area contributed by atoms with Crippen LogP contribution in [0.25, 0.3) is 16.9 Å². The van der Waals surface area contributed by atoms with Gasteiger partial charge < -0.3 is 4.98 Å². The third kappa shape index (κ3) is 3.06. The van der Waals surface area contributed by atoms with Crippen molar-refractivity contribution in [3.63, 3.8) is 0 Å². The Balaban J connectivity index is 1.82. The van der Waals surface area contributed by atoms with E-state index in [-0.39, 0.29) is 5.56 Å². The van der Waals surface area contributed by atoms with Crippen molar-refractivity contribution >= 4 is 22.9 Å². The van der Waals surface area contributed by atoms with Crippen molar-refractivity contribution in [2.45, 2.75) is 17.8 Å². The second kappa shape index (κ2) is 6.52. The Morgan fingerprint density at radius 3 is 2.80 bits per heavy atom. The van der Waals surface area contributed by atoms with Crippen LogP contribution in [0, 0.1) is 6.92 Å². The number of imidazole rings is 1. The van der Waals surface area contributed by atoms with Crippen molar-refractivity contribution in [3.05, 3.63) is 76.6 Å². The number of pyridine rings is 1. The van der Waals surface area contributed by atoms with Gasteiger partial charge in [-0.3, -0.25) is 14.3 Å². The van der Waals surface area contributed by atoms with E-state index >= 15 is 0 Å². The molecular formula is C18H15N5OS. The fraction of sp³-hybridized carbons (Fsp3) is 0.111. The van der Waals surface area contributed by atoms with E-state index in [1.165, 1.54) is 11.9 Å². The van der Waals surface area contributed by atoms with Crippen LogP contribution in [0.4, 0.5) is 0 Å². The molecule has 3 aromatic heterocycles. The highest BCUT2D eigenvalue weighted by atomic mass is 32.2. The number of rotatable bonds is 4. The maximum Gasteiger partial charge on any atom is 0.278 e. The number of thioether (sulfide) groups is 1. The molecule has 25 heavy (non-hydrogen) atoms. The molecule has 0 aliphatic heterocycles. The highest BCUT2D eigenvalue weighted by molar-refractivity contribution is 7.98. The Morgan fingerprint density at radius 2 is 2.04 bits per heavy atom. The fourth-order valence-corrected chi connectivity index (χ4v) is 3.48. The number of hydrogen-bond donors (Lipinski definition) is 1. The molecule has 124 valence electrons. The van der Waals surface area contributed by atoms with Gasteiger partial charge in [0.05, 0.1) is 6.33 Å². The summed E-state index contributed by atoms with van der Waals surface area (Å²) in [6, 6.07) is 12.0. The average Bonchev–Trinajstić information content (AvgIpc) is 3.01. The van der Waals surface area contributed by atoms with Crippen LogP contribution in [-0.2, 0) is 5.75 Å². The summed E-state index contributed by atoms with van der Waals surface area (Å²) in [4.78, 5) is 27.7. The standard InChI is InChI=1S/C18H15N5OS/c1-12-4-6-14(7-5-12)23-16-15(17(24)21-11-20-16)22-18(23)25-10-13-3-2-8-19-9-13/h2-9,11H,10H2,1H3,(H,20,21,24). The summed E-state index contributed by atoms with van der Waals surface area (Å²) in [5.74, 6) is 0.709. The minimum Gasteiger partial charge on any atom is -0.311 e. The van der Waals surface area contributed by atoms with E-state index in [0.717, 1.165) is 16.4 Å². The SMILES string of the molecule is Cc1ccc(-n2c(SCc3cccnc3)nc3c(=O)[nH]cnc32)cc1. The number of nitrogens with one attached hydrogen (secondary N) is 1. The normalized spacial score (nSPS) is 11.1. The third-order valence-corrected chi connectivity index (χ3v) is 4.81. The number of benzene rings is 1. The summed E-state index contributed by atoms with van der Waals surface area (Å²) < 4.78 is 1.92. The lowest BCUT2D eigenvalue weighted by Gasteiger charge is -2.08. The van der Waals surface area contributed by atoms with Crippen molar-refractivity contribution in [2.24, 2.45) is 0 Å². The van der Waals surface area contributed by atoms with Crippen LogP contribution in [0.2, 0.25) is 0 Å². The Labute approximate surface area is 148 Å². The highest BCUT2D eigenvalue weighted by Gasteiger charge is 2.16. The zero-order valence-corrected chi connectivity index (χ0v) is 14.3. The Morgan fingerprint density at radius 1 is 1.20 bits per heavy atom. The van der Waals surface area contributed by atoms with E-state index in [9.17, 15) is 4.79 Å². The van der Waals surface area contributed by atoms with Crippen molar-refractivity contribution < 1.29 is 0 Å². The molecule has 0 saturated heterocycles. The van der Waals surface area contributed by atoms with Crippen molar-refractivity contribution in [3.8, 4) is 5.69 Å². The molecule has 0 aliphatic rings. The predicted octanol–water partition coefficient (Wildman–Crippen LogP) is 3.10. The molecule has 3 heterocycles. The first-order valence-electron chi connectivity index (χ1n) is 7.77. The zero-order chi connectivity index (χ0) is 17.2. The lowest BCUT2D eigenvalue weighted by Crippen LogP contribution is -2.07. The van der Waals surface area contributed by atoms with Crippen molar-refractivity contribution in [1.82, 2.24) is 24.5 Å². The van der Waals surface area contributed by atoms with Crippen LogP contribution in [0.5, 0.6) is 0 Å². The fourth-order valence-electron chi connectivity index (χ4n) is 2.54. The first kappa shape index (κ1) is 15.6. The Hall–Kier alpha value is -2.93. The van der Waals surface area contributed by atoms with Gasteiger partial charge in [-0.2, -0.15) is 0 Å². The summed E-state index contributed by atoms with van der Waals surface area (Å²) in [7, 11) is 0. The summed E-state index contributed by atoms with van der Waals surface area (Å²) in [6.07, 6.45) is 4.99. The summed E-state index contributed by atoms with van der Waals surface area (Å²) >= 11 is 1.55. The molecular weight excluding hydrogens is 334 g/mol. The maximum absolute atomic E-state index is 12.1. The van der Waals surface area contributed by atoms with Gasteiger partial charge in [-0.05, 0) is 30.7 Å². The molecule has 1 N–H and O–H groups in total. The first-order chi connectivity index (χ1) is 12.2. The minimum absolute atomic E-state index is 0.237. The second-order valence-corrected chi connectivity index (χ2v) is 6.56. The summed E-state index contributed by atoms with van der Waals surface area (Å²) in [5.41, 5.74) is 3.86. The van der Waals surface area contributed by atoms with Gasteiger partial charge in [0.25, 0.3) is 5.56 Å². The van der Waals surface area contributed by atoms with E-state index < -0.39 is 0 Å². The highest BCUT2D eigenvalue weighted by Crippen LogP contribution is 2.27. The number of aromatic amines is 1. The van der Waals surface area contributed by atoms with Crippen LogP contribution < -0.4 is 5.56 Å². The second-order valence-electron chi connectivity index (χ2n) is 5.62. The van der Waals surface area contributed by atoms with E-state index in [1.807, 2.05) is 54.1 Å². The molecule has 0 amide bonds. The molecule has 4 aromatic rings. The molecule has 0 bridgehead atoms. The molecule has 1 aromatic carbocycles. The monoisotopic (exact) mass is 349 g/mol. The Kier molecular flexibility index (Phi) is 4.07. The van der Waals surface area contributed by atoms with Gasteiger partial charge in [-0.15, -0.1) is 0 Å². The lowest BCUT2D eigenvalue weighted by molar-refractivity contribution is 0.907. The number of aryl methyl sites for hydroxylation is 1. The molecule has 7 heteroatoms. The van der Waals surface area contributed by atoms with E-state index in [4.69, 9.17) is 0 Å². The van der Waals surface area contributed by atoms with E-state index in [2.05, 4.69) is 19.9 Å². The molecule has 0 spiro atoms. The molecule has 0 saturated carbocycles. The average molecular weight is 349 g/mol. The molecule has 0 fully saturated rings. The van der Waals surface area contributed by atoms with Gasteiger partial charge in [0.15, 0.2) is 16.3 Å². The van der Waals surface area contributed by atoms with Crippen LogP contribution in [0.15, 0.2) is 65.1 Å². The first-order valence-corrected chi connectivity index (χ1v) is 8.76. The van der Waals surface area contributed by atoms with Gasteiger partial charge in [0.2, 0.25) is 0 Å². The van der Waals surface area contributed by atoms with Gasteiger partial charge in [-0.25, -0.2) is 9.97 Å². The molecule has 6 nitrogen and oxygen atoms in total. The number of fused-ring (bicyclic) bond motifs is 1. The lowest BCUT2D eigenvalue weighted by atomic mass is 10.2. The number of H-pyrrole nitrogens is 1. The number of nitrogens with zero attached hydrogens (tertiary/aromatic N) is 4. The molecule has 0 radical (unpaired) electrons. The van der Waals surface area contributed by atoms with Crippen LogP contribution >= 0.6 is 11.8 Å². The smallest absolute Gasteiger partial charge is 0.278 e. The zero-order valence-electron chi connectivity index (χ0n) is 13.5. The van der Waals surface area contributed by atoms with Crippen LogP contribution in [0.3, 0.4) is 0 Å². The molecule has 0 atom stereocenters. The van der Waals surface area contributed by atoms with E-state index in [0.29, 0.717) is 16.9 Å². The predicted molar refractivity (Wildman–Crippen MR) is 98.0 cm³/mol. The molecule has 4 rings (SSSR count). The largest absolute Gasteiger partial charge is 0.311 e. The maximum atomic E-state index is 12.1. The van der Waals surface area contributed by atoms with Gasteiger partial charge in [-0.1, -0.05) is 35.5 Å². The van der Waals surface area contributed by atoms with Gasteiger partial charge in [0.1, 0.15) is 0 Å². The third-order valence-electron chi connectivity index (χ3n) is 3.80. The van der Waals surface area contributed by atoms with E-state index in [1.54, 1.807) is 18.0 Å². The summed E-state index contributed by atoms with van der Waals surface area (Å²) in [6.45, 7) is 2.04. The summed E-state index contributed by atoms with van der Waals surface area (Å²) in [5, 5.41) is 0.729. The number of aromatic nitrogens is 5. The molecule has 0 aliphatic carbocycles. The van der Waals surface area contributed by atoms with Crippen molar-refractivity contribution in [1.29, 1.82) is 0 Å². The van der Waals surface area contributed by atoms with Crippen LogP contribution in [-0.4, -0.2) is 24.5 Å². The number of hydrogen-bond acceptors (Lipinski definition) is 5. The van der Waals surface area contributed by atoms with Crippen LogP contribution in [0.1, 0.15) is 11.1 Å². The van der Waals surface area contributed by atoms with Crippen molar-refractivity contribution in [2.75, 3.05) is 0 Å². The quantitative estimate of drug-likeness (QED) is 0.573. The minimum atomic E-state index is -0.237. The Bertz CT molecular complexity index is 1070. The van der Waals surface area contributed by atoms with Gasteiger partial charge >= 0.3 is 0 Å². The topological polar surface area (TPSA) is 76.5 Å². The van der Waals surface area contributed by atoms with Gasteiger partial charge in [0, 0.05) is 23.8 Å². The molecule has 0 unspecified atom stereocenters.